The highest BCUT2D eigenvalue weighted by molar-refractivity contribution is 5.65. The summed E-state index contributed by atoms with van der Waals surface area (Å²) < 4.78 is 6.97. The van der Waals surface area contributed by atoms with Gasteiger partial charge in [-0.1, -0.05) is 35.5 Å². The van der Waals surface area contributed by atoms with Gasteiger partial charge in [-0.25, -0.2) is 4.68 Å². The summed E-state index contributed by atoms with van der Waals surface area (Å²) in [7, 11) is 1.62. The lowest BCUT2D eigenvalue weighted by molar-refractivity contribution is 0.415. The topological polar surface area (TPSA) is 63.7 Å². The first-order valence-corrected chi connectivity index (χ1v) is 7.29. The molecule has 0 bridgehead atoms. The van der Waals surface area contributed by atoms with Crippen LogP contribution in [-0.2, 0) is 0 Å². The number of ether oxygens (including phenoxy) is 1. The van der Waals surface area contributed by atoms with Crippen molar-refractivity contribution >= 4 is 0 Å². The zero-order valence-corrected chi connectivity index (χ0v) is 13.0. The smallest absolute Gasteiger partial charge is 0.190 e. The van der Waals surface area contributed by atoms with E-state index >= 15 is 0 Å². The number of nitriles is 1. The van der Waals surface area contributed by atoms with Crippen LogP contribution in [0.25, 0.3) is 11.3 Å². The Morgan fingerprint density at radius 2 is 1.78 bits per heavy atom. The molecule has 114 valence electrons. The summed E-state index contributed by atoms with van der Waals surface area (Å²) >= 11 is 0. The summed E-state index contributed by atoms with van der Waals surface area (Å²) in [5.74, 6) is 0.766. The molecule has 0 amide bonds. The number of hydrogen-bond acceptors (Lipinski definition) is 4. The molecule has 0 N–H and O–H groups in total. The van der Waals surface area contributed by atoms with E-state index in [0.29, 0.717) is 11.4 Å². The molecular weight excluding hydrogens is 288 g/mol. The molecule has 2 aromatic carbocycles. The Morgan fingerprint density at radius 3 is 2.39 bits per heavy atom. The Labute approximate surface area is 134 Å². The molecule has 5 heteroatoms. The number of rotatable bonds is 4. The van der Waals surface area contributed by atoms with E-state index in [2.05, 4.69) is 16.4 Å². The van der Waals surface area contributed by atoms with Crippen LogP contribution in [0.5, 0.6) is 5.75 Å². The molecule has 1 heterocycles. The van der Waals surface area contributed by atoms with Crippen LogP contribution in [0.15, 0.2) is 54.6 Å². The van der Waals surface area contributed by atoms with Gasteiger partial charge >= 0.3 is 0 Å². The average Bonchev–Trinajstić information content (AvgIpc) is 3.06. The van der Waals surface area contributed by atoms with E-state index in [0.717, 1.165) is 16.9 Å². The summed E-state index contributed by atoms with van der Waals surface area (Å²) in [5.41, 5.74) is 3.02. The lowest BCUT2D eigenvalue weighted by Gasteiger charge is -2.15. The molecule has 0 aliphatic heterocycles. The molecular formula is C18H16N4O. The molecule has 0 aliphatic rings. The highest BCUT2D eigenvalue weighted by atomic mass is 16.5. The maximum Gasteiger partial charge on any atom is 0.190 e. The predicted octanol–water partition coefficient (Wildman–Crippen LogP) is 3.43. The minimum absolute atomic E-state index is 0.0251. The van der Waals surface area contributed by atoms with Gasteiger partial charge in [0.25, 0.3) is 0 Å². The highest BCUT2D eigenvalue weighted by Crippen LogP contribution is 2.28. The Kier molecular flexibility index (Phi) is 4.07. The van der Waals surface area contributed by atoms with Crippen molar-refractivity contribution in [3.63, 3.8) is 0 Å². The van der Waals surface area contributed by atoms with Gasteiger partial charge in [0.15, 0.2) is 5.69 Å². The largest absolute Gasteiger partial charge is 0.497 e. The Bertz CT molecular complexity index is 832. The quantitative estimate of drug-likeness (QED) is 0.740. The Hall–Kier alpha value is -3.13. The molecule has 0 fully saturated rings. The second-order valence-electron chi connectivity index (χ2n) is 5.16. The number of hydrogen-bond donors (Lipinski definition) is 0. The number of nitrogens with zero attached hydrogens (tertiary/aromatic N) is 4. The summed E-state index contributed by atoms with van der Waals surface area (Å²) in [6.45, 7) is 2.04. The molecule has 1 atom stereocenters. The fourth-order valence-electron chi connectivity index (χ4n) is 2.53. The fourth-order valence-corrected chi connectivity index (χ4v) is 2.53. The SMILES string of the molecule is COc1ccc(-c2c(C#N)nnn2C(C)c2ccccc2)cc1. The lowest BCUT2D eigenvalue weighted by atomic mass is 10.1. The first kappa shape index (κ1) is 14.8. The predicted molar refractivity (Wildman–Crippen MR) is 87.0 cm³/mol. The second kappa shape index (κ2) is 6.32. The monoisotopic (exact) mass is 304 g/mol. The molecule has 0 aliphatic carbocycles. The van der Waals surface area contributed by atoms with Gasteiger partial charge < -0.3 is 4.74 Å². The zero-order valence-electron chi connectivity index (χ0n) is 13.0. The van der Waals surface area contributed by atoms with Crippen molar-refractivity contribution < 1.29 is 4.74 Å². The molecule has 3 aromatic rings. The molecule has 23 heavy (non-hydrogen) atoms. The molecule has 0 spiro atoms. The van der Waals surface area contributed by atoms with Crippen molar-refractivity contribution in [2.24, 2.45) is 0 Å². The van der Waals surface area contributed by atoms with Crippen molar-refractivity contribution in [3.8, 4) is 23.1 Å². The minimum atomic E-state index is -0.0251. The van der Waals surface area contributed by atoms with Crippen molar-refractivity contribution in [2.45, 2.75) is 13.0 Å². The Morgan fingerprint density at radius 1 is 1.09 bits per heavy atom. The molecule has 0 radical (unpaired) electrons. The zero-order chi connectivity index (χ0) is 16.2. The molecule has 0 saturated heterocycles. The van der Waals surface area contributed by atoms with Crippen LogP contribution in [0.1, 0.15) is 24.2 Å². The number of aromatic nitrogens is 3. The molecule has 5 nitrogen and oxygen atoms in total. The minimum Gasteiger partial charge on any atom is -0.497 e. The van der Waals surface area contributed by atoms with Gasteiger partial charge in [-0.3, -0.25) is 0 Å². The second-order valence-corrected chi connectivity index (χ2v) is 5.16. The third-order valence-electron chi connectivity index (χ3n) is 3.81. The first-order chi connectivity index (χ1) is 11.2. The summed E-state index contributed by atoms with van der Waals surface area (Å²) in [5, 5.41) is 17.6. The summed E-state index contributed by atoms with van der Waals surface area (Å²) in [6, 6.07) is 19.7. The van der Waals surface area contributed by atoms with Gasteiger partial charge in [-0.15, -0.1) is 5.10 Å². The maximum absolute atomic E-state index is 9.36. The van der Waals surface area contributed by atoms with Crippen LogP contribution in [-0.4, -0.2) is 22.1 Å². The third-order valence-corrected chi connectivity index (χ3v) is 3.81. The molecule has 1 aromatic heterocycles. The van der Waals surface area contributed by atoms with Crippen LogP contribution in [0.3, 0.4) is 0 Å². The fraction of sp³-hybridized carbons (Fsp3) is 0.167. The molecule has 0 saturated carbocycles. The highest BCUT2D eigenvalue weighted by Gasteiger charge is 2.19. The van der Waals surface area contributed by atoms with E-state index < -0.39 is 0 Å². The van der Waals surface area contributed by atoms with Gasteiger partial charge in [-0.05, 0) is 36.8 Å². The maximum atomic E-state index is 9.36. The van der Waals surface area contributed by atoms with Crippen LogP contribution in [0.4, 0.5) is 0 Å². The van der Waals surface area contributed by atoms with Crippen LogP contribution in [0.2, 0.25) is 0 Å². The first-order valence-electron chi connectivity index (χ1n) is 7.29. The van der Waals surface area contributed by atoms with E-state index in [1.165, 1.54) is 0 Å². The van der Waals surface area contributed by atoms with E-state index in [4.69, 9.17) is 4.74 Å². The van der Waals surface area contributed by atoms with Crippen LogP contribution in [0, 0.1) is 11.3 Å². The van der Waals surface area contributed by atoms with Crippen LogP contribution < -0.4 is 4.74 Å². The summed E-state index contributed by atoms with van der Waals surface area (Å²) in [4.78, 5) is 0. The summed E-state index contributed by atoms with van der Waals surface area (Å²) in [6.07, 6.45) is 0. The molecule has 3 rings (SSSR count). The van der Waals surface area contributed by atoms with Gasteiger partial charge in [0.05, 0.1) is 13.2 Å². The van der Waals surface area contributed by atoms with E-state index in [1.807, 2.05) is 61.5 Å². The van der Waals surface area contributed by atoms with E-state index in [-0.39, 0.29) is 6.04 Å². The van der Waals surface area contributed by atoms with Gasteiger partial charge in [0, 0.05) is 5.56 Å². The van der Waals surface area contributed by atoms with E-state index in [1.54, 1.807) is 11.8 Å². The molecule has 1 unspecified atom stereocenters. The normalized spacial score (nSPS) is 11.7. The van der Waals surface area contributed by atoms with Crippen molar-refractivity contribution in [1.29, 1.82) is 5.26 Å². The number of benzene rings is 2. The lowest BCUT2D eigenvalue weighted by Crippen LogP contribution is -2.10. The number of methoxy groups -OCH3 is 1. The van der Waals surface area contributed by atoms with Crippen molar-refractivity contribution in [3.05, 3.63) is 65.9 Å². The van der Waals surface area contributed by atoms with Gasteiger partial charge in [-0.2, -0.15) is 5.26 Å². The van der Waals surface area contributed by atoms with Crippen LogP contribution >= 0.6 is 0 Å². The van der Waals surface area contributed by atoms with E-state index in [9.17, 15) is 5.26 Å². The third kappa shape index (κ3) is 2.79. The van der Waals surface area contributed by atoms with Gasteiger partial charge in [0.2, 0.25) is 0 Å². The van der Waals surface area contributed by atoms with Gasteiger partial charge in [0.1, 0.15) is 17.5 Å². The van der Waals surface area contributed by atoms with Crippen molar-refractivity contribution in [2.75, 3.05) is 7.11 Å². The Balaban J connectivity index is 2.09. The van der Waals surface area contributed by atoms with Crippen molar-refractivity contribution in [1.82, 2.24) is 15.0 Å². The average molecular weight is 304 g/mol. The standard InChI is InChI=1S/C18H16N4O/c1-13(14-6-4-3-5-7-14)22-18(17(12-19)20-21-22)15-8-10-16(23-2)11-9-15/h3-11,13H,1-2H3.